The number of hydrogen-bond donors (Lipinski definition) is 0. The second-order valence-electron chi connectivity index (χ2n) is 3.74. The Morgan fingerprint density at radius 3 is 2.88 bits per heavy atom. The molecule has 3 rings (SSSR count). The Balaban J connectivity index is 2.39. The van der Waals surface area contributed by atoms with Crippen molar-refractivity contribution in [2.75, 3.05) is 13.9 Å². The second kappa shape index (κ2) is 3.66. The summed E-state index contributed by atoms with van der Waals surface area (Å²) >= 11 is 0. The van der Waals surface area contributed by atoms with Gasteiger partial charge >= 0.3 is 0 Å². The number of fused-ring (bicyclic) bond motifs is 3. The van der Waals surface area contributed by atoms with Crippen LogP contribution in [0.15, 0.2) is 24.3 Å². The summed E-state index contributed by atoms with van der Waals surface area (Å²) in [6.07, 6.45) is 0.789. The minimum Gasteiger partial charge on any atom is -0.496 e. The molecule has 4 nitrogen and oxygen atoms in total. The summed E-state index contributed by atoms with van der Waals surface area (Å²) in [5, 5.41) is 1.74. The average Bonchev–Trinajstić information content (AvgIpc) is 2.85. The summed E-state index contributed by atoms with van der Waals surface area (Å²) < 4.78 is 16.0. The Kier molecular flexibility index (Phi) is 2.14. The van der Waals surface area contributed by atoms with E-state index in [-0.39, 0.29) is 6.79 Å². The van der Waals surface area contributed by atoms with Gasteiger partial charge in [0, 0.05) is 16.3 Å². The lowest BCUT2D eigenvalue weighted by Crippen LogP contribution is -1.93. The first kappa shape index (κ1) is 9.96. The Hall–Kier alpha value is -2.23. The van der Waals surface area contributed by atoms with Crippen LogP contribution in [0.1, 0.15) is 10.4 Å². The van der Waals surface area contributed by atoms with Crippen molar-refractivity contribution in [2.24, 2.45) is 0 Å². The topological polar surface area (TPSA) is 44.8 Å². The van der Waals surface area contributed by atoms with Gasteiger partial charge in [-0.15, -0.1) is 0 Å². The molecule has 0 amide bonds. The number of hydrogen-bond acceptors (Lipinski definition) is 4. The molecule has 2 aromatic carbocycles. The maximum absolute atomic E-state index is 10.9. The fourth-order valence-corrected chi connectivity index (χ4v) is 2.03. The summed E-state index contributed by atoms with van der Waals surface area (Å²) in [5.74, 6) is 2.02. The highest BCUT2D eigenvalue weighted by atomic mass is 16.7. The van der Waals surface area contributed by atoms with Gasteiger partial charge < -0.3 is 14.2 Å². The first-order chi connectivity index (χ1) is 8.33. The third-order valence-corrected chi connectivity index (χ3v) is 2.81. The number of carbonyl (C=O) groups excluding carboxylic acids is 1. The summed E-state index contributed by atoms with van der Waals surface area (Å²) in [5.41, 5.74) is 0.554. The molecule has 0 radical (unpaired) electrons. The third-order valence-electron chi connectivity index (χ3n) is 2.81. The van der Waals surface area contributed by atoms with Crippen molar-refractivity contribution < 1.29 is 19.0 Å². The van der Waals surface area contributed by atoms with Gasteiger partial charge in [-0.2, -0.15) is 0 Å². The van der Waals surface area contributed by atoms with Gasteiger partial charge in [0.25, 0.3) is 0 Å². The lowest BCUT2D eigenvalue weighted by molar-refractivity contribution is 0.112. The quantitative estimate of drug-likeness (QED) is 0.743. The number of rotatable bonds is 2. The van der Waals surface area contributed by atoms with Crippen LogP contribution in [0.25, 0.3) is 10.8 Å². The van der Waals surface area contributed by atoms with Gasteiger partial charge in [0.1, 0.15) is 12.0 Å². The van der Waals surface area contributed by atoms with Gasteiger partial charge in [0.15, 0.2) is 11.5 Å². The fourth-order valence-electron chi connectivity index (χ4n) is 2.03. The largest absolute Gasteiger partial charge is 0.496 e. The zero-order chi connectivity index (χ0) is 11.8. The summed E-state index contributed by atoms with van der Waals surface area (Å²) in [6.45, 7) is 0.210. The van der Waals surface area contributed by atoms with Gasteiger partial charge in [0.2, 0.25) is 6.79 Å². The lowest BCUT2D eigenvalue weighted by Gasteiger charge is -2.08. The van der Waals surface area contributed by atoms with E-state index in [2.05, 4.69) is 0 Å². The van der Waals surface area contributed by atoms with E-state index in [1.54, 1.807) is 19.2 Å². The summed E-state index contributed by atoms with van der Waals surface area (Å²) in [7, 11) is 1.58. The van der Waals surface area contributed by atoms with Crippen molar-refractivity contribution in [3.63, 3.8) is 0 Å². The molecule has 2 aromatic rings. The van der Waals surface area contributed by atoms with Gasteiger partial charge in [-0.1, -0.05) is 0 Å². The van der Waals surface area contributed by atoms with Crippen molar-refractivity contribution in [1.82, 2.24) is 0 Å². The minimum absolute atomic E-state index is 0.210. The van der Waals surface area contributed by atoms with Gasteiger partial charge in [-0.3, -0.25) is 4.79 Å². The Morgan fingerprint density at radius 2 is 2.12 bits per heavy atom. The highest BCUT2D eigenvalue weighted by Crippen LogP contribution is 2.42. The SMILES string of the molecule is COc1cc(C=O)cc2c3c(ccc12)OCO3. The standard InChI is InChI=1S/C13H10O4/c1-15-12-5-8(6-14)4-10-9(12)2-3-11-13(10)17-7-16-11/h2-6H,7H2,1H3. The molecule has 17 heavy (non-hydrogen) atoms. The average molecular weight is 230 g/mol. The molecule has 0 saturated carbocycles. The van der Waals surface area contributed by atoms with E-state index in [1.807, 2.05) is 12.1 Å². The molecule has 0 bridgehead atoms. The predicted molar refractivity (Wildman–Crippen MR) is 62.0 cm³/mol. The van der Waals surface area contributed by atoms with Crippen LogP contribution in [0, 0.1) is 0 Å². The monoisotopic (exact) mass is 230 g/mol. The molecule has 0 aliphatic carbocycles. The molecule has 1 heterocycles. The van der Waals surface area contributed by atoms with Crippen molar-refractivity contribution in [1.29, 1.82) is 0 Å². The molecule has 0 aromatic heterocycles. The van der Waals surface area contributed by atoms with E-state index in [1.165, 1.54) is 0 Å². The van der Waals surface area contributed by atoms with Gasteiger partial charge in [-0.25, -0.2) is 0 Å². The van der Waals surface area contributed by atoms with E-state index in [9.17, 15) is 4.79 Å². The Morgan fingerprint density at radius 1 is 1.24 bits per heavy atom. The van der Waals surface area contributed by atoms with Crippen LogP contribution >= 0.6 is 0 Å². The minimum atomic E-state index is 0.210. The van der Waals surface area contributed by atoms with Crippen molar-refractivity contribution in [3.8, 4) is 17.2 Å². The highest BCUT2D eigenvalue weighted by molar-refractivity contribution is 5.99. The summed E-state index contributed by atoms with van der Waals surface area (Å²) in [6, 6.07) is 7.22. The first-order valence-corrected chi connectivity index (χ1v) is 5.19. The molecule has 0 unspecified atom stereocenters. The maximum Gasteiger partial charge on any atom is 0.231 e. The normalized spacial score (nSPS) is 12.8. The van der Waals surface area contributed by atoms with Crippen LogP contribution in [-0.2, 0) is 0 Å². The number of benzene rings is 2. The molecule has 4 heteroatoms. The molecule has 0 atom stereocenters. The van der Waals surface area contributed by atoms with E-state index in [0.717, 1.165) is 17.1 Å². The van der Waals surface area contributed by atoms with Crippen molar-refractivity contribution in [3.05, 3.63) is 29.8 Å². The number of methoxy groups -OCH3 is 1. The molecule has 1 aliphatic heterocycles. The van der Waals surface area contributed by atoms with Gasteiger partial charge in [-0.05, 0) is 24.3 Å². The van der Waals surface area contributed by atoms with Crippen LogP contribution in [-0.4, -0.2) is 20.2 Å². The predicted octanol–water partition coefficient (Wildman–Crippen LogP) is 2.39. The fraction of sp³-hybridized carbons (Fsp3) is 0.154. The molecule has 0 saturated heterocycles. The van der Waals surface area contributed by atoms with Crippen LogP contribution in [0.4, 0.5) is 0 Å². The third kappa shape index (κ3) is 1.41. The Bertz CT molecular complexity index is 604. The summed E-state index contributed by atoms with van der Waals surface area (Å²) in [4.78, 5) is 10.9. The van der Waals surface area contributed by atoms with Crippen LogP contribution in [0.3, 0.4) is 0 Å². The molecule has 0 N–H and O–H groups in total. The van der Waals surface area contributed by atoms with Crippen LogP contribution in [0.2, 0.25) is 0 Å². The number of aldehydes is 1. The van der Waals surface area contributed by atoms with Crippen molar-refractivity contribution in [2.45, 2.75) is 0 Å². The molecule has 0 spiro atoms. The van der Waals surface area contributed by atoms with E-state index in [4.69, 9.17) is 14.2 Å². The maximum atomic E-state index is 10.9. The van der Waals surface area contributed by atoms with Crippen LogP contribution in [0.5, 0.6) is 17.2 Å². The van der Waals surface area contributed by atoms with E-state index in [0.29, 0.717) is 22.8 Å². The Labute approximate surface area is 97.7 Å². The number of carbonyl (C=O) groups is 1. The zero-order valence-electron chi connectivity index (χ0n) is 9.23. The van der Waals surface area contributed by atoms with Gasteiger partial charge in [0.05, 0.1) is 7.11 Å². The molecular weight excluding hydrogens is 220 g/mol. The molecular formula is C13H10O4. The molecule has 0 fully saturated rings. The number of ether oxygens (including phenoxy) is 3. The zero-order valence-corrected chi connectivity index (χ0v) is 9.23. The molecule has 86 valence electrons. The molecule has 1 aliphatic rings. The van der Waals surface area contributed by atoms with Crippen molar-refractivity contribution >= 4 is 17.1 Å². The lowest BCUT2D eigenvalue weighted by atomic mass is 10.0. The second-order valence-corrected chi connectivity index (χ2v) is 3.74. The first-order valence-electron chi connectivity index (χ1n) is 5.19. The van der Waals surface area contributed by atoms with Crippen LogP contribution < -0.4 is 14.2 Å². The smallest absolute Gasteiger partial charge is 0.231 e. The highest BCUT2D eigenvalue weighted by Gasteiger charge is 2.18. The van der Waals surface area contributed by atoms with E-state index >= 15 is 0 Å². The van der Waals surface area contributed by atoms with E-state index < -0.39 is 0 Å².